The Morgan fingerprint density at radius 1 is 1.00 bits per heavy atom. The molecule has 3 aromatic rings. The number of aryl methyl sites for hydroxylation is 1. The normalized spacial score (nSPS) is 13.3. The fraction of sp³-hybridized carbons (Fsp3) is 0.167. The molecule has 30 heavy (non-hydrogen) atoms. The van der Waals surface area contributed by atoms with E-state index in [1.165, 1.54) is 0 Å². The van der Waals surface area contributed by atoms with Crippen molar-refractivity contribution in [2.75, 3.05) is 6.61 Å². The van der Waals surface area contributed by atoms with E-state index in [0.29, 0.717) is 10.0 Å². The van der Waals surface area contributed by atoms with E-state index in [4.69, 9.17) is 4.74 Å². The Hall–Kier alpha value is -3.12. The molecular formula is C24H20BrNO4. The highest BCUT2D eigenvalue weighted by Gasteiger charge is 2.30. The first kappa shape index (κ1) is 20.2. The molecule has 1 amide bonds. The van der Waals surface area contributed by atoms with Crippen molar-refractivity contribution in [3.8, 4) is 11.1 Å². The molecule has 0 saturated carbocycles. The number of carbonyl (C=O) groups excluding carboxylic acids is 1. The number of benzene rings is 3. The summed E-state index contributed by atoms with van der Waals surface area (Å²) in [5.41, 5.74) is 5.82. The van der Waals surface area contributed by atoms with Crippen molar-refractivity contribution in [2.45, 2.75) is 18.9 Å². The van der Waals surface area contributed by atoms with Gasteiger partial charge in [0, 0.05) is 16.0 Å². The van der Waals surface area contributed by atoms with Crippen molar-refractivity contribution in [1.29, 1.82) is 0 Å². The van der Waals surface area contributed by atoms with Gasteiger partial charge in [0.25, 0.3) is 0 Å². The van der Waals surface area contributed by atoms with Gasteiger partial charge in [0.2, 0.25) is 0 Å². The van der Waals surface area contributed by atoms with E-state index in [1.54, 1.807) is 12.1 Å². The number of alkyl carbamates (subject to hydrolysis) is 1. The van der Waals surface area contributed by atoms with Crippen molar-refractivity contribution in [1.82, 2.24) is 5.32 Å². The number of hydrogen-bond acceptors (Lipinski definition) is 3. The van der Waals surface area contributed by atoms with Crippen LogP contribution in [0.5, 0.6) is 0 Å². The Morgan fingerprint density at radius 3 is 2.20 bits per heavy atom. The number of ether oxygens (including phenoxy) is 1. The number of fused-ring (bicyclic) bond motifs is 3. The lowest BCUT2D eigenvalue weighted by atomic mass is 9.98. The van der Waals surface area contributed by atoms with Crippen LogP contribution in [0.1, 0.15) is 34.2 Å². The third-order valence-corrected chi connectivity index (χ3v) is 6.47. The third kappa shape index (κ3) is 3.71. The van der Waals surface area contributed by atoms with E-state index in [2.05, 4.69) is 33.4 Å². The van der Waals surface area contributed by atoms with Gasteiger partial charge in [0.15, 0.2) is 6.04 Å². The highest BCUT2D eigenvalue weighted by molar-refractivity contribution is 9.10. The van der Waals surface area contributed by atoms with Gasteiger partial charge in [-0.1, -0.05) is 82.7 Å². The van der Waals surface area contributed by atoms with Crippen LogP contribution in [0.25, 0.3) is 11.1 Å². The Kier molecular flexibility index (Phi) is 5.59. The largest absolute Gasteiger partial charge is 0.479 e. The molecule has 0 saturated heterocycles. The van der Waals surface area contributed by atoms with Crippen LogP contribution in [0.3, 0.4) is 0 Å². The number of rotatable bonds is 5. The number of carbonyl (C=O) groups is 2. The molecular weight excluding hydrogens is 446 g/mol. The summed E-state index contributed by atoms with van der Waals surface area (Å²) in [4.78, 5) is 24.3. The Bertz CT molecular complexity index is 1080. The predicted octanol–water partition coefficient (Wildman–Crippen LogP) is 5.42. The molecule has 0 fully saturated rings. The molecule has 0 bridgehead atoms. The molecule has 0 spiro atoms. The van der Waals surface area contributed by atoms with Crippen molar-refractivity contribution < 1.29 is 19.4 Å². The van der Waals surface area contributed by atoms with Crippen LogP contribution >= 0.6 is 15.9 Å². The first-order chi connectivity index (χ1) is 14.5. The minimum Gasteiger partial charge on any atom is -0.479 e. The maximum atomic E-state index is 12.5. The van der Waals surface area contributed by atoms with Crippen LogP contribution in [-0.4, -0.2) is 23.8 Å². The van der Waals surface area contributed by atoms with Gasteiger partial charge in [-0.05, 0) is 34.7 Å². The van der Waals surface area contributed by atoms with Gasteiger partial charge < -0.3 is 15.2 Å². The highest BCUT2D eigenvalue weighted by Crippen LogP contribution is 2.44. The van der Waals surface area contributed by atoms with Gasteiger partial charge in [-0.3, -0.25) is 0 Å². The second-order valence-corrected chi connectivity index (χ2v) is 8.01. The molecule has 5 nitrogen and oxygen atoms in total. The van der Waals surface area contributed by atoms with Crippen molar-refractivity contribution in [2.24, 2.45) is 0 Å². The van der Waals surface area contributed by atoms with Gasteiger partial charge in [0.05, 0.1) is 0 Å². The predicted molar refractivity (Wildman–Crippen MR) is 117 cm³/mol. The quantitative estimate of drug-likeness (QED) is 0.527. The molecule has 1 aliphatic carbocycles. The summed E-state index contributed by atoms with van der Waals surface area (Å²) in [5, 5.41) is 12.1. The average molecular weight is 466 g/mol. The van der Waals surface area contributed by atoms with E-state index in [-0.39, 0.29) is 12.5 Å². The first-order valence-corrected chi connectivity index (χ1v) is 10.4. The van der Waals surface area contributed by atoms with E-state index in [0.717, 1.165) is 27.8 Å². The van der Waals surface area contributed by atoms with Crippen LogP contribution in [0.4, 0.5) is 4.79 Å². The lowest BCUT2D eigenvalue weighted by Gasteiger charge is -2.19. The van der Waals surface area contributed by atoms with Crippen LogP contribution in [0.2, 0.25) is 0 Å². The number of halogens is 1. The molecule has 3 aromatic carbocycles. The summed E-state index contributed by atoms with van der Waals surface area (Å²) in [7, 11) is 0. The van der Waals surface area contributed by atoms with Crippen molar-refractivity contribution in [3.63, 3.8) is 0 Å². The minimum absolute atomic E-state index is 0.0860. The summed E-state index contributed by atoms with van der Waals surface area (Å²) in [6, 6.07) is 20.2. The molecule has 152 valence electrons. The zero-order valence-electron chi connectivity index (χ0n) is 16.3. The lowest BCUT2D eigenvalue weighted by molar-refractivity contribution is -0.139. The molecule has 0 heterocycles. The second-order valence-electron chi connectivity index (χ2n) is 7.22. The SMILES string of the molecule is Cc1cccc(C(NC(=O)OCC2c3ccccc3-c3ccccc32)C(=O)O)c1Br. The van der Waals surface area contributed by atoms with Gasteiger partial charge >= 0.3 is 12.1 Å². The fourth-order valence-electron chi connectivity index (χ4n) is 3.92. The summed E-state index contributed by atoms with van der Waals surface area (Å²) >= 11 is 3.41. The Morgan fingerprint density at radius 2 is 1.60 bits per heavy atom. The Balaban J connectivity index is 1.51. The number of amides is 1. The van der Waals surface area contributed by atoms with Crippen LogP contribution in [-0.2, 0) is 9.53 Å². The van der Waals surface area contributed by atoms with Crippen LogP contribution in [0, 0.1) is 6.92 Å². The number of carboxylic acid groups (broad SMARTS) is 1. The molecule has 0 aromatic heterocycles. The zero-order chi connectivity index (χ0) is 21.3. The van der Waals surface area contributed by atoms with Gasteiger partial charge in [-0.2, -0.15) is 0 Å². The molecule has 0 aliphatic heterocycles. The standard InChI is InChI=1S/C24H20BrNO4/c1-14-7-6-12-19(21(14)25)22(23(27)28)26-24(29)30-13-20-17-10-4-2-8-15(17)16-9-3-5-11-18(16)20/h2-12,20,22H,13H2,1H3,(H,26,29)(H,27,28). The van der Waals surface area contributed by atoms with Gasteiger partial charge in [-0.25, -0.2) is 9.59 Å². The monoisotopic (exact) mass is 465 g/mol. The third-order valence-electron chi connectivity index (χ3n) is 5.39. The maximum absolute atomic E-state index is 12.5. The van der Waals surface area contributed by atoms with E-state index >= 15 is 0 Å². The summed E-state index contributed by atoms with van der Waals surface area (Å²) < 4.78 is 6.13. The smallest absolute Gasteiger partial charge is 0.408 e. The minimum atomic E-state index is -1.21. The first-order valence-electron chi connectivity index (χ1n) is 9.56. The fourth-order valence-corrected chi connectivity index (χ4v) is 4.42. The molecule has 1 aliphatic rings. The highest BCUT2D eigenvalue weighted by atomic mass is 79.9. The number of hydrogen-bond donors (Lipinski definition) is 2. The van der Waals surface area contributed by atoms with Crippen molar-refractivity contribution >= 4 is 28.0 Å². The topological polar surface area (TPSA) is 75.6 Å². The summed E-state index contributed by atoms with van der Waals surface area (Å²) in [6.07, 6.45) is -0.766. The van der Waals surface area contributed by atoms with Gasteiger partial charge in [0.1, 0.15) is 6.61 Å². The van der Waals surface area contributed by atoms with Crippen molar-refractivity contribution in [3.05, 3.63) is 93.5 Å². The number of nitrogens with one attached hydrogen (secondary N) is 1. The number of carboxylic acids is 1. The molecule has 4 rings (SSSR count). The molecule has 0 radical (unpaired) electrons. The van der Waals surface area contributed by atoms with E-state index < -0.39 is 18.1 Å². The summed E-state index contributed by atoms with van der Waals surface area (Å²) in [6.45, 7) is 1.99. The lowest BCUT2D eigenvalue weighted by Crippen LogP contribution is -2.35. The number of aliphatic carboxylic acids is 1. The zero-order valence-corrected chi connectivity index (χ0v) is 17.8. The Labute approximate surface area is 182 Å². The average Bonchev–Trinajstić information content (AvgIpc) is 3.06. The summed E-state index contributed by atoms with van der Waals surface area (Å²) in [5.74, 6) is -1.24. The van der Waals surface area contributed by atoms with Crippen LogP contribution < -0.4 is 5.32 Å². The molecule has 1 atom stereocenters. The van der Waals surface area contributed by atoms with Crippen LogP contribution in [0.15, 0.2) is 71.2 Å². The van der Waals surface area contributed by atoms with Gasteiger partial charge in [-0.15, -0.1) is 0 Å². The molecule has 2 N–H and O–H groups in total. The molecule has 1 unspecified atom stereocenters. The van der Waals surface area contributed by atoms with E-state index in [9.17, 15) is 14.7 Å². The van der Waals surface area contributed by atoms with E-state index in [1.807, 2.05) is 49.4 Å². The second kappa shape index (κ2) is 8.32. The molecule has 6 heteroatoms. The maximum Gasteiger partial charge on any atom is 0.408 e.